The second kappa shape index (κ2) is 6.16. The van der Waals surface area contributed by atoms with E-state index >= 15 is 0 Å². The molecule has 1 aromatic rings. The molecule has 0 saturated heterocycles. The van der Waals surface area contributed by atoms with Crippen molar-refractivity contribution in [1.82, 2.24) is 9.88 Å². The van der Waals surface area contributed by atoms with Gasteiger partial charge in [0.25, 0.3) is 0 Å². The number of nitrogens with one attached hydrogen (secondary N) is 1. The topological polar surface area (TPSA) is 72.2 Å². The average Bonchev–Trinajstić information content (AvgIpc) is 2.56. The van der Waals surface area contributed by atoms with E-state index in [9.17, 15) is 8.42 Å². The lowest BCUT2D eigenvalue weighted by molar-refractivity contribution is 0.390. The Morgan fingerprint density at radius 3 is 2.39 bits per heavy atom. The molecule has 0 aliphatic heterocycles. The fourth-order valence-electron chi connectivity index (χ4n) is 1.85. The van der Waals surface area contributed by atoms with E-state index in [1.165, 1.54) is 0 Å². The van der Waals surface area contributed by atoms with Crippen LogP contribution in [0.3, 0.4) is 0 Å². The van der Waals surface area contributed by atoms with E-state index in [1.54, 1.807) is 13.8 Å². The Bertz CT molecular complexity index is 477. The number of hydrogen-bond donors (Lipinski definition) is 1. The molecule has 1 heterocycles. The van der Waals surface area contributed by atoms with Crippen molar-refractivity contribution in [2.24, 2.45) is 5.92 Å². The lowest BCUT2D eigenvalue weighted by Gasteiger charge is -2.18. The maximum absolute atomic E-state index is 12.3. The quantitative estimate of drug-likeness (QED) is 0.808. The fourth-order valence-corrected chi connectivity index (χ4v) is 4.07. The lowest BCUT2D eigenvalue weighted by atomic mass is 10.1. The minimum absolute atomic E-state index is 0.135. The van der Waals surface area contributed by atoms with E-state index in [4.69, 9.17) is 4.52 Å². The standard InChI is InChI=1S/C11H19BrN2O3S/c1-7(2)5-10(6-12)14-18(15,16)11-8(3)13-17-9(11)4/h7,10,14H,5-6H2,1-4H3. The number of nitrogens with zero attached hydrogens (tertiary/aromatic N) is 1. The number of sulfonamides is 1. The van der Waals surface area contributed by atoms with E-state index in [1.807, 2.05) is 0 Å². The summed E-state index contributed by atoms with van der Waals surface area (Å²) in [5, 5.41) is 4.25. The van der Waals surface area contributed by atoms with Gasteiger partial charge in [-0.2, -0.15) is 0 Å². The number of alkyl halides is 1. The average molecular weight is 339 g/mol. The van der Waals surface area contributed by atoms with Crippen molar-refractivity contribution in [3.63, 3.8) is 0 Å². The van der Waals surface area contributed by atoms with Gasteiger partial charge in [0.05, 0.1) is 0 Å². The van der Waals surface area contributed by atoms with Crippen LogP contribution in [-0.4, -0.2) is 24.9 Å². The predicted octanol–water partition coefficient (Wildman–Crippen LogP) is 2.38. The van der Waals surface area contributed by atoms with Crippen LogP contribution < -0.4 is 4.72 Å². The third kappa shape index (κ3) is 3.80. The molecule has 1 aromatic heterocycles. The van der Waals surface area contributed by atoms with Crippen molar-refractivity contribution in [3.05, 3.63) is 11.5 Å². The van der Waals surface area contributed by atoms with Gasteiger partial charge in [-0.3, -0.25) is 0 Å². The largest absolute Gasteiger partial charge is 0.360 e. The summed E-state index contributed by atoms with van der Waals surface area (Å²) in [6.07, 6.45) is 0.772. The zero-order valence-corrected chi connectivity index (χ0v) is 13.4. The van der Waals surface area contributed by atoms with E-state index < -0.39 is 10.0 Å². The molecule has 0 bridgehead atoms. The minimum atomic E-state index is -3.57. The van der Waals surface area contributed by atoms with Crippen LogP contribution in [0.1, 0.15) is 31.7 Å². The zero-order valence-electron chi connectivity index (χ0n) is 11.0. The van der Waals surface area contributed by atoms with Crippen molar-refractivity contribution >= 4 is 26.0 Å². The Kier molecular flexibility index (Phi) is 5.36. The molecule has 0 spiro atoms. The summed E-state index contributed by atoms with van der Waals surface area (Å²) in [5.74, 6) is 0.734. The Morgan fingerprint density at radius 2 is 2.00 bits per heavy atom. The first-order chi connectivity index (χ1) is 8.27. The molecule has 0 aliphatic rings. The molecule has 104 valence electrons. The van der Waals surface area contributed by atoms with Crippen molar-refractivity contribution in [1.29, 1.82) is 0 Å². The first-order valence-corrected chi connectivity index (χ1v) is 8.39. The number of halogens is 1. The Labute approximate surface area is 116 Å². The summed E-state index contributed by atoms with van der Waals surface area (Å²) in [6.45, 7) is 7.33. The van der Waals surface area contributed by atoms with Gasteiger partial charge in [-0.05, 0) is 26.2 Å². The van der Waals surface area contributed by atoms with Crippen LogP contribution in [-0.2, 0) is 10.0 Å². The number of rotatable bonds is 6. The van der Waals surface area contributed by atoms with E-state index in [-0.39, 0.29) is 10.9 Å². The second-order valence-electron chi connectivity index (χ2n) is 4.76. The van der Waals surface area contributed by atoms with Crippen LogP contribution in [0.25, 0.3) is 0 Å². The molecule has 1 rings (SSSR count). The van der Waals surface area contributed by atoms with Gasteiger partial charge in [-0.1, -0.05) is 34.9 Å². The summed E-state index contributed by atoms with van der Waals surface area (Å²) in [5.41, 5.74) is 0.387. The monoisotopic (exact) mass is 338 g/mol. The van der Waals surface area contributed by atoms with Gasteiger partial charge in [-0.25, -0.2) is 13.1 Å². The minimum Gasteiger partial charge on any atom is -0.360 e. The molecule has 0 radical (unpaired) electrons. The highest BCUT2D eigenvalue weighted by molar-refractivity contribution is 9.09. The smallest absolute Gasteiger partial charge is 0.246 e. The number of aromatic nitrogens is 1. The summed E-state index contributed by atoms with van der Waals surface area (Å²) < 4.78 is 32.1. The summed E-state index contributed by atoms with van der Waals surface area (Å²) in [4.78, 5) is 0.150. The second-order valence-corrected chi connectivity index (χ2v) is 7.05. The van der Waals surface area contributed by atoms with Crippen LogP contribution in [0.15, 0.2) is 9.42 Å². The van der Waals surface area contributed by atoms with Crippen molar-refractivity contribution in [2.45, 2.75) is 45.1 Å². The van der Waals surface area contributed by atoms with Crippen molar-refractivity contribution in [2.75, 3.05) is 5.33 Å². The number of aryl methyl sites for hydroxylation is 2. The van der Waals surface area contributed by atoms with Crippen LogP contribution >= 0.6 is 15.9 Å². The van der Waals surface area contributed by atoms with Crippen molar-refractivity contribution in [3.8, 4) is 0 Å². The summed E-state index contributed by atoms with van der Waals surface area (Å²) in [6, 6.07) is -0.135. The first kappa shape index (κ1) is 15.7. The van der Waals surface area contributed by atoms with Crippen LogP contribution in [0.5, 0.6) is 0 Å². The normalized spacial score (nSPS) is 14.1. The molecule has 0 aromatic carbocycles. The van der Waals surface area contributed by atoms with Gasteiger partial charge < -0.3 is 4.52 Å². The van der Waals surface area contributed by atoms with Gasteiger partial charge in [-0.15, -0.1) is 0 Å². The molecule has 1 unspecified atom stereocenters. The van der Waals surface area contributed by atoms with E-state index in [2.05, 4.69) is 39.7 Å². The van der Waals surface area contributed by atoms with Crippen LogP contribution in [0.2, 0.25) is 0 Å². The van der Waals surface area contributed by atoms with Crippen LogP contribution in [0, 0.1) is 19.8 Å². The highest BCUT2D eigenvalue weighted by Crippen LogP contribution is 2.20. The first-order valence-electron chi connectivity index (χ1n) is 5.79. The molecule has 0 aliphatic carbocycles. The summed E-state index contributed by atoms with van der Waals surface area (Å²) in [7, 11) is -3.57. The van der Waals surface area contributed by atoms with Gasteiger partial charge in [0, 0.05) is 11.4 Å². The maximum Gasteiger partial charge on any atom is 0.246 e. The Balaban J connectivity index is 2.94. The SMILES string of the molecule is Cc1noc(C)c1S(=O)(=O)NC(CBr)CC(C)C. The molecular weight excluding hydrogens is 320 g/mol. The predicted molar refractivity (Wildman–Crippen MR) is 73.3 cm³/mol. The molecule has 1 atom stereocenters. The highest BCUT2D eigenvalue weighted by Gasteiger charge is 2.26. The Morgan fingerprint density at radius 1 is 1.39 bits per heavy atom. The molecule has 0 saturated carbocycles. The third-order valence-corrected chi connectivity index (χ3v) is 5.05. The van der Waals surface area contributed by atoms with Gasteiger partial charge in [0.2, 0.25) is 10.0 Å². The fraction of sp³-hybridized carbons (Fsp3) is 0.727. The van der Waals surface area contributed by atoms with Gasteiger partial charge >= 0.3 is 0 Å². The molecule has 7 heteroatoms. The number of hydrogen-bond acceptors (Lipinski definition) is 4. The zero-order chi connectivity index (χ0) is 13.9. The summed E-state index contributed by atoms with van der Waals surface area (Å²) >= 11 is 3.33. The van der Waals surface area contributed by atoms with Crippen LogP contribution in [0.4, 0.5) is 0 Å². The lowest BCUT2D eigenvalue weighted by Crippen LogP contribution is -2.37. The van der Waals surface area contributed by atoms with E-state index in [0.717, 1.165) is 6.42 Å². The molecule has 18 heavy (non-hydrogen) atoms. The Hall–Kier alpha value is -0.400. The molecular formula is C11H19BrN2O3S. The molecule has 0 fully saturated rings. The van der Waals surface area contributed by atoms with E-state index in [0.29, 0.717) is 22.7 Å². The third-order valence-electron chi connectivity index (χ3n) is 2.50. The highest BCUT2D eigenvalue weighted by atomic mass is 79.9. The molecule has 5 nitrogen and oxygen atoms in total. The molecule has 1 N–H and O–H groups in total. The molecule has 0 amide bonds. The van der Waals surface area contributed by atoms with Crippen molar-refractivity contribution < 1.29 is 12.9 Å². The maximum atomic E-state index is 12.3. The van der Waals surface area contributed by atoms with Gasteiger partial charge in [0.15, 0.2) is 5.76 Å². The van der Waals surface area contributed by atoms with Gasteiger partial charge in [0.1, 0.15) is 10.6 Å².